The molecule has 1 aromatic carbocycles. The highest BCUT2D eigenvalue weighted by Crippen LogP contribution is 2.33. The zero-order valence-corrected chi connectivity index (χ0v) is 12.8. The van der Waals surface area contributed by atoms with Crippen LogP contribution < -0.4 is 10.4 Å². The molecule has 3 N–H and O–H groups in total. The third-order valence-electron chi connectivity index (χ3n) is 4.23. The van der Waals surface area contributed by atoms with Gasteiger partial charge in [-0.1, -0.05) is 12.1 Å². The molecule has 4 rings (SSSR count). The van der Waals surface area contributed by atoms with Crippen molar-refractivity contribution in [2.75, 3.05) is 11.4 Å². The Kier molecular flexibility index (Phi) is 3.58. The maximum Gasteiger partial charge on any atom is 0.277 e. The first-order valence-corrected chi connectivity index (χ1v) is 7.74. The van der Waals surface area contributed by atoms with Crippen LogP contribution in [0.25, 0.3) is 11.0 Å². The Bertz CT molecular complexity index is 843. The Morgan fingerprint density at radius 2 is 2.08 bits per heavy atom. The van der Waals surface area contributed by atoms with Crippen molar-refractivity contribution in [1.82, 2.24) is 25.4 Å². The molecule has 0 aliphatic carbocycles. The number of anilines is 1. The second-order valence-electron chi connectivity index (χ2n) is 5.70. The zero-order valence-electron chi connectivity index (χ0n) is 12.8. The molecule has 1 fully saturated rings. The number of nitrogens with one attached hydrogen (secondary N) is 2. The number of rotatable bonds is 3. The Labute approximate surface area is 137 Å². The van der Waals surface area contributed by atoms with Crippen LogP contribution in [0.3, 0.4) is 0 Å². The second kappa shape index (κ2) is 5.89. The van der Waals surface area contributed by atoms with Gasteiger partial charge in [0.15, 0.2) is 0 Å². The molecule has 1 aliphatic rings. The van der Waals surface area contributed by atoms with E-state index in [-0.39, 0.29) is 11.6 Å². The first kappa shape index (κ1) is 14.6. The molecule has 8 nitrogen and oxygen atoms in total. The topological polar surface area (TPSA) is 107 Å². The summed E-state index contributed by atoms with van der Waals surface area (Å²) in [5.74, 6) is 0.818. The lowest BCUT2D eigenvalue weighted by atomic mass is 10.2. The first-order valence-electron chi connectivity index (χ1n) is 7.74. The van der Waals surface area contributed by atoms with Crippen molar-refractivity contribution in [3.05, 3.63) is 48.0 Å². The number of aromatic nitrogens is 4. The number of fused-ring (bicyclic) bond motifs is 1. The number of carbonyl (C=O) groups excluding carboxylic acids is 1. The van der Waals surface area contributed by atoms with Crippen LogP contribution in [0.15, 0.2) is 36.7 Å². The van der Waals surface area contributed by atoms with Crippen LogP contribution in [-0.4, -0.2) is 37.6 Å². The van der Waals surface area contributed by atoms with E-state index in [4.69, 9.17) is 5.21 Å². The minimum Gasteiger partial charge on any atom is -0.340 e. The van der Waals surface area contributed by atoms with Crippen molar-refractivity contribution in [2.24, 2.45) is 0 Å². The summed E-state index contributed by atoms with van der Waals surface area (Å²) in [4.78, 5) is 30.0. The molecule has 8 heteroatoms. The highest BCUT2D eigenvalue weighted by atomic mass is 16.5. The number of H-pyrrole nitrogens is 1. The molecule has 1 saturated heterocycles. The lowest BCUT2D eigenvalue weighted by molar-refractivity contribution is 0.0705. The largest absolute Gasteiger partial charge is 0.340 e. The number of benzene rings is 1. The smallest absolute Gasteiger partial charge is 0.277 e. The molecular formula is C16H16N6O2. The van der Waals surface area contributed by atoms with E-state index in [0.29, 0.717) is 5.95 Å². The maximum atomic E-state index is 11.4. The lowest BCUT2D eigenvalue weighted by Crippen LogP contribution is -2.26. The number of hydroxylamine groups is 1. The van der Waals surface area contributed by atoms with E-state index in [1.165, 1.54) is 12.4 Å². The number of para-hydroxylation sites is 2. The van der Waals surface area contributed by atoms with Gasteiger partial charge in [-0.2, -0.15) is 0 Å². The molecule has 3 aromatic rings. The number of carbonyl (C=O) groups is 1. The molecule has 1 unspecified atom stereocenters. The Balaban J connectivity index is 1.63. The molecule has 2 aromatic heterocycles. The lowest BCUT2D eigenvalue weighted by Gasteiger charge is -2.22. The van der Waals surface area contributed by atoms with E-state index in [1.807, 2.05) is 24.3 Å². The average molecular weight is 324 g/mol. The summed E-state index contributed by atoms with van der Waals surface area (Å²) < 4.78 is 0. The van der Waals surface area contributed by atoms with Crippen molar-refractivity contribution < 1.29 is 10.0 Å². The van der Waals surface area contributed by atoms with Gasteiger partial charge in [0.25, 0.3) is 5.91 Å². The summed E-state index contributed by atoms with van der Waals surface area (Å²) in [7, 11) is 0. The highest BCUT2D eigenvalue weighted by Gasteiger charge is 2.30. The quantitative estimate of drug-likeness (QED) is 0.501. The first-order chi connectivity index (χ1) is 11.8. The summed E-state index contributed by atoms with van der Waals surface area (Å²) in [6.07, 6.45) is 4.79. The molecule has 122 valence electrons. The van der Waals surface area contributed by atoms with Crippen LogP contribution in [0.1, 0.15) is 35.1 Å². The fourth-order valence-corrected chi connectivity index (χ4v) is 3.07. The number of amides is 1. The number of hydrogen-bond donors (Lipinski definition) is 3. The highest BCUT2D eigenvalue weighted by molar-refractivity contribution is 5.92. The summed E-state index contributed by atoms with van der Waals surface area (Å²) in [5.41, 5.74) is 3.73. The number of aromatic amines is 1. The minimum absolute atomic E-state index is 0.0786. The average Bonchev–Trinajstić information content (AvgIpc) is 3.27. The third-order valence-corrected chi connectivity index (χ3v) is 4.23. The molecule has 1 amide bonds. The fraction of sp³-hybridized carbons (Fsp3) is 0.250. The number of nitrogens with zero attached hydrogens (tertiary/aromatic N) is 4. The van der Waals surface area contributed by atoms with Crippen molar-refractivity contribution in [1.29, 1.82) is 0 Å². The molecular weight excluding hydrogens is 308 g/mol. The molecule has 0 spiro atoms. The summed E-state index contributed by atoms with van der Waals surface area (Å²) in [6.45, 7) is 0.827. The number of imidazole rings is 1. The van der Waals surface area contributed by atoms with Crippen LogP contribution in [0.2, 0.25) is 0 Å². The van der Waals surface area contributed by atoms with Crippen LogP contribution >= 0.6 is 0 Å². The molecule has 1 atom stereocenters. The predicted molar refractivity (Wildman–Crippen MR) is 86.7 cm³/mol. The van der Waals surface area contributed by atoms with Gasteiger partial charge in [0, 0.05) is 18.9 Å². The van der Waals surface area contributed by atoms with Gasteiger partial charge in [0.05, 0.1) is 22.6 Å². The predicted octanol–water partition coefficient (Wildman–Crippen LogP) is 1.81. The van der Waals surface area contributed by atoms with Gasteiger partial charge < -0.3 is 9.88 Å². The second-order valence-corrected chi connectivity index (χ2v) is 5.70. The fourth-order valence-electron chi connectivity index (χ4n) is 3.07. The van der Waals surface area contributed by atoms with Crippen molar-refractivity contribution in [3.63, 3.8) is 0 Å². The Morgan fingerprint density at radius 3 is 2.83 bits per heavy atom. The van der Waals surface area contributed by atoms with E-state index >= 15 is 0 Å². The SMILES string of the molecule is O=C(NO)c1cnc(N2CCCC2c2nc3ccccc3[nH]2)nc1. The third kappa shape index (κ3) is 2.46. The van der Waals surface area contributed by atoms with Crippen LogP contribution in [0, 0.1) is 0 Å². The zero-order chi connectivity index (χ0) is 16.5. The van der Waals surface area contributed by atoms with Crippen LogP contribution in [-0.2, 0) is 0 Å². The van der Waals surface area contributed by atoms with Crippen molar-refractivity contribution in [3.8, 4) is 0 Å². The van der Waals surface area contributed by atoms with Gasteiger partial charge >= 0.3 is 0 Å². The van der Waals surface area contributed by atoms with Crippen molar-refractivity contribution in [2.45, 2.75) is 18.9 Å². The molecule has 0 bridgehead atoms. The van der Waals surface area contributed by atoms with E-state index in [9.17, 15) is 4.79 Å². The van der Waals surface area contributed by atoms with Gasteiger partial charge in [0.1, 0.15) is 5.82 Å². The van der Waals surface area contributed by atoms with Gasteiger partial charge in [-0.25, -0.2) is 20.4 Å². The van der Waals surface area contributed by atoms with E-state index in [1.54, 1.807) is 5.48 Å². The van der Waals surface area contributed by atoms with Crippen molar-refractivity contribution >= 4 is 22.9 Å². The maximum absolute atomic E-state index is 11.4. The van der Waals surface area contributed by atoms with Crippen LogP contribution in [0.4, 0.5) is 5.95 Å². The molecule has 1 aliphatic heterocycles. The van der Waals surface area contributed by atoms with E-state index in [0.717, 1.165) is 36.2 Å². The normalized spacial score (nSPS) is 17.4. The number of hydrogen-bond acceptors (Lipinski definition) is 6. The molecule has 24 heavy (non-hydrogen) atoms. The standard InChI is InChI=1S/C16H16N6O2/c23-15(21-24)10-8-17-16(18-9-10)22-7-3-6-13(22)14-19-11-4-1-2-5-12(11)20-14/h1-2,4-5,8-9,13,24H,3,6-7H2,(H,19,20)(H,21,23). The molecule has 0 saturated carbocycles. The minimum atomic E-state index is -0.628. The summed E-state index contributed by atoms with van der Waals surface area (Å²) in [5, 5.41) is 8.65. The van der Waals surface area contributed by atoms with E-state index in [2.05, 4.69) is 24.8 Å². The molecule has 3 heterocycles. The van der Waals surface area contributed by atoms with Crippen LogP contribution in [0.5, 0.6) is 0 Å². The van der Waals surface area contributed by atoms with Gasteiger partial charge in [-0.05, 0) is 25.0 Å². The van der Waals surface area contributed by atoms with Gasteiger partial charge in [-0.15, -0.1) is 0 Å². The Hall–Kier alpha value is -3.00. The van der Waals surface area contributed by atoms with Gasteiger partial charge in [-0.3, -0.25) is 10.0 Å². The Morgan fingerprint density at radius 1 is 1.29 bits per heavy atom. The van der Waals surface area contributed by atoms with Gasteiger partial charge in [0.2, 0.25) is 5.95 Å². The summed E-state index contributed by atoms with van der Waals surface area (Å²) >= 11 is 0. The van der Waals surface area contributed by atoms with E-state index < -0.39 is 5.91 Å². The summed E-state index contributed by atoms with van der Waals surface area (Å²) in [6, 6.07) is 8.00. The molecule has 0 radical (unpaired) electrons. The monoisotopic (exact) mass is 324 g/mol.